The number of benzene rings is 2. The number of rotatable bonds is 1. The van der Waals surface area contributed by atoms with Crippen LogP contribution in [0.3, 0.4) is 0 Å². The minimum absolute atomic E-state index is 0.633. The Morgan fingerprint density at radius 3 is 2.50 bits per heavy atom. The highest BCUT2D eigenvalue weighted by molar-refractivity contribution is 6.30. The monoisotopic (exact) mass is 282 g/mol. The van der Waals surface area contributed by atoms with Gasteiger partial charge in [0.1, 0.15) is 0 Å². The van der Waals surface area contributed by atoms with Gasteiger partial charge in [0.25, 0.3) is 0 Å². The normalized spacial score (nSPS) is 14.6. The SMILES string of the molecule is O=C(O)C=C1c2ccccc2C=Cc2cc(Cl)ccc21. The van der Waals surface area contributed by atoms with Crippen LogP contribution in [0.1, 0.15) is 22.3 Å². The van der Waals surface area contributed by atoms with Crippen molar-refractivity contribution in [3.63, 3.8) is 0 Å². The largest absolute Gasteiger partial charge is 0.478 e. The molecule has 1 aliphatic rings. The predicted molar refractivity (Wildman–Crippen MR) is 81.5 cm³/mol. The van der Waals surface area contributed by atoms with E-state index in [9.17, 15) is 4.79 Å². The van der Waals surface area contributed by atoms with Gasteiger partial charge in [0.2, 0.25) is 0 Å². The van der Waals surface area contributed by atoms with Gasteiger partial charge in [0.05, 0.1) is 0 Å². The molecule has 2 nitrogen and oxygen atoms in total. The van der Waals surface area contributed by atoms with Crippen molar-refractivity contribution in [2.45, 2.75) is 0 Å². The Kier molecular flexibility index (Phi) is 3.17. The number of aliphatic carboxylic acids is 1. The maximum atomic E-state index is 11.1. The predicted octanol–water partition coefficient (Wildman–Crippen LogP) is 4.34. The highest BCUT2D eigenvalue weighted by atomic mass is 35.5. The van der Waals surface area contributed by atoms with Crippen LogP contribution in [0.2, 0.25) is 5.02 Å². The van der Waals surface area contributed by atoms with Crippen molar-refractivity contribution in [3.8, 4) is 0 Å². The first-order valence-corrected chi connectivity index (χ1v) is 6.55. The van der Waals surface area contributed by atoms with Crippen molar-refractivity contribution in [1.82, 2.24) is 0 Å². The smallest absolute Gasteiger partial charge is 0.328 e. The second kappa shape index (κ2) is 4.99. The van der Waals surface area contributed by atoms with E-state index in [1.165, 1.54) is 6.08 Å². The molecule has 2 aromatic carbocycles. The van der Waals surface area contributed by atoms with Crippen molar-refractivity contribution in [1.29, 1.82) is 0 Å². The Bertz CT molecular complexity index is 757. The van der Waals surface area contributed by atoms with Crippen LogP contribution in [0.4, 0.5) is 0 Å². The first-order valence-electron chi connectivity index (χ1n) is 6.17. The molecule has 0 unspecified atom stereocenters. The fourth-order valence-electron chi connectivity index (χ4n) is 2.41. The van der Waals surface area contributed by atoms with Crippen LogP contribution in [0.5, 0.6) is 0 Å². The molecule has 0 radical (unpaired) electrons. The summed E-state index contributed by atoms with van der Waals surface area (Å²) in [6, 6.07) is 13.2. The number of halogens is 1. The van der Waals surface area contributed by atoms with Gasteiger partial charge in [-0.25, -0.2) is 4.79 Å². The lowest BCUT2D eigenvalue weighted by molar-refractivity contribution is -0.131. The van der Waals surface area contributed by atoms with Crippen molar-refractivity contribution in [2.75, 3.05) is 0 Å². The molecule has 3 rings (SSSR count). The van der Waals surface area contributed by atoms with Crippen LogP contribution in [-0.2, 0) is 4.79 Å². The standard InChI is InChI=1S/C17H11ClO2/c18-13-7-8-15-12(9-13)6-5-11-3-1-2-4-14(11)16(15)10-17(19)20/h1-10H,(H,19,20). The molecule has 0 fully saturated rings. The van der Waals surface area contributed by atoms with Crippen LogP contribution in [0.25, 0.3) is 17.7 Å². The Labute approximate surface area is 121 Å². The van der Waals surface area contributed by atoms with Gasteiger partial charge in [-0.3, -0.25) is 0 Å². The van der Waals surface area contributed by atoms with Crippen molar-refractivity contribution >= 4 is 35.3 Å². The molecule has 20 heavy (non-hydrogen) atoms. The molecule has 0 atom stereocenters. The summed E-state index contributed by atoms with van der Waals surface area (Å²) in [6.07, 6.45) is 5.19. The summed E-state index contributed by atoms with van der Waals surface area (Å²) >= 11 is 6.03. The molecule has 98 valence electrons. The zero-order valence-electron chi connectivity index (χ0n) is 10.5. The number of fused-ring (bicyclic) bond motifs is 2. The third-order valence-corrected chi connectivity index (χ3v) is 3.50. The van der Waals surface area contributed by atoms with E-state index in [1.54, 1.807) is 6.07 Å². The van der Waals surface area contributed by atoms with E-state index in [2.05, 4.69) is 0 Å². The molecular formula is C17H11ClO2. The van der Waals surface area contributed by atoms with E-state index < -0.39 is 5.97 Å². The summed E-state index contributed by atoms with van der Waals surface area (Å²) in [7, 11) is 0. The highest BCUT2D eigenvalue weighted by Gasteiger charge is 2.16. The molecule has 0 amide bonds. The van der Waals surface area contributed by atoms with Gasteiger partial charge in [-0.2, -0.15) is 0 Å². The second-order valence-electron chi connectivity index (χ2n) is 4.55. The molecule has 0 saturated heterocycles. The average molecular weight is 283 g/mol. The maximum absolute atomic E-state index is 11.1. The zero-order chi connectivity index (χ0) is 14.1. The second-order valence-corrected chi connectivity index (χ2v) is 4.98. The quantitative estimate of drug-likeness (QED) is 0.674. The van der Waals surface area contributed by atoms with E-state index in [4.69, 9.17) is 16.7 Å². The first-order chi connectivity index (χ1) is 9.65. The fourth-order valence-corrected chi connectivity index (χ4v) is 2.59. The molecule has 1 aliphatic carbocycles. The summed E-state index contributed by atoms with van der Waals surface area (Å²) < 4.78 is 0. The van der Waals surface area contributed by atoms with E-state index >= 15 is 0 Å². The van der Waals surface area contributed by atoms with Gasteiger partial charge in [-0.1, -0.05) is 54.1 Å². The summed E-state index contributed by atoms with van der Waals surface area (Å²) in [5.41, 5.74) is 4.39. The topological polar surface area (TPSA) is 37.3 Å². The minimum Gasteiger partial charge on any atom is -0.478 e. The van der Waals surface area contributed by atoms with Crippen molar-refractivity contribution in [2.24, 2.45) is 0 Å². The third-order valence-electron chi connectivity index (χ3n) is 3.27. The van der Waals surface area contributed by atoms with Gasteiger partial charge in [0, 0.05) is 11.1 Å². The molecule has 0 heterocycles. The number of hydrogen-bond acceptors (Lipinski definition) is 1. The molecular weight excluding hydrogens is 272 g/mol. The lowest BCUT2D eigenvalue weighted by Crippen LogP contribution is -1.97. The summed E-state index contributed by atoms with van der Waals surface area (Å²) in [6.45, 7) is 0. The van der Waals surface area contributed by atoms with Gasteiger partial charge in [-0.05, 0) is 40.0 Å². The Morgan fingerprint density at radius 2 is 1.70 bits per heavy atom. The minimum atomic E-state index is -0.961. The van der Waals surface area contributed by atoms with Crippen molar-refractivity contribution in [3.05, 3.63) is 75.8 Å². The van der Waals surface area contributed by atoms with Crippen LogP contribution < -0.4 is 0 Å². The fraction of sp³-hybridized carbons (Fsp3) is 0. The summed E-state index contributed by atoms with van der Waals surface area (Å²) in [5, 5.41) is 9.77. The molecule has 0 spiro atoms. The van der Waals surface area contributed by atoms with Crippen molar-refractivity contribution < 1.29 is 9.90 Å². The van der Waals surface area contributed by atoms with Crippen LogP contribution in [0, 0.1) is 0 Å². The molecule has 0 aliphatic heterocycles. The molecule has 3 heteroatoms. The third kappa shape index (κ3) is 2.26. The summed E-state index contributed by atoms with van der Waals surface area (Å²) in [4.78, 5) is 11.1. The lowest BCUT2D eigenvalue weighted by atomic mass is 9.93. The van der Waals surface area contributed by atoms with Crippen LogP contribution >= 0.6 is 11.6 Å². The first kappa shape index (κ1) is 12.7. The van der Waals surface area contributed by atoms with Gasteiger partial charge < -0.3 is 5.11 Å². The Morgan fingerprint density at radius 1 is 1.00 bits per heavy atom. The highest BCUT2D eigenvalue weighted by Crippen LogP contribution is 2.34. The Balaban J connectivity index is 2.33. The summed E-state index contributed by atoms with van der Waals surface area (Å²) in [5.74, 6) is -0.961. The van der Waals surface area contributed by atoms with E-state index in [1.807, 2.05) is 48.6 Å². The molecule has 1 N–H and O–H groups in total. The molecule has 0 saturated carbocycles. The Hall–Kier alpha value is -2.32. The lowest BCUT2D eigenvalue weighted by Gasteiger charge is -2.11. The number of carbonyl (C=O) groups is 1. The molecule has 0 bridgehead atoms. The molecule has 2 aromatic rings. The van der Waals surface area contributed by atoms with Crippen LogP contribution in [0.15, 0.2) is 48.5 Å². The maximum Gasteiger partial charge on any atom is 0.328 e. The van der Waals surface area contributed by atoms with E-state index in [0.717, 1.165) is 22.3 Å². The average Bonchev–Trinajstić information content (AvgIpc) is 2.57. The van der Waals surface area contributed by atoms with Gasteiger partial charge in [0.15, 0.2) is 0 Å². The van der Waals surface area contributed by atoms with Crippen LogP contribution in [-0.4, -0.2) is 11.1 Å². The van der Waals surface area contributed by atoms with E-state index in [0.29, 0.717) is 10.6 Å². The number of hydrogen-bond donors (Lipinski definition) is 1. The van der Waals surface area contributed by atoms with Gasteiger partial charge in [-0.15, -0.1) is 0 Å². The van der Waals surface area contributed by atoms with E-state index in [-0.39, 0.29) is 0 Å². The number of carboxylic acid groups (broad SMARTS) is 1. The number of carboxylic acids is 1. The molecule has 0 aromatic heterocycles. The zero-order valence-corrected chi connectivity index (χ0v) is 11.3. The van der Waals surface area contributed by atoms with Gasteiger partial charge >= 0.3 is 5.97 Å².